The summed E-state index contributed by atoms with van der Waals surface area (Å²) in [5.74, 6) is -1.24. The van der Waals surface area contributed by atoms with Crippen LogP contribution in [0.3, 0.4) is 0 Å². The van der Waals surface area contributed by atoms with Crippen molar-refractivity contribution in [1.82, 2.24) is 4.57 Å². The summed E-state index contributed by atoms with van der Waals surface area (Å²) < 4.78 is 1.93. The molecule has 40 heavy (non-hydrogen) atoms. The number of para-hydroxylation sites is 2. The topological polar surface area (TPSA) is 96.1 Å². The normalized spacial score (nSPS) is 18.9. The molecule has 2 aliphatic rings. The molecule has 0 bridgehead atoms. The number of thiazole rings is 1. The Labute approximate surface area is 233 Å². The number of amides is 2. The zero-order valence-electron chi connectivity index (χ0n) is 21.8. The molecule has 0 fully saturated rings. The van der Waals surface area contributed by atoms with Crippen molar-refractivity contribution in [2.75, 3.05) is 10.3 Å². The number of hydrogen-bond acceptors (Lipinski definition) is 6. The van der Waals surface area contributed by atoms with Crippen LogP contribution in [-0.2, 0) is 9.59 Å². The van der Waals surface area contributed by atoms with Gasteiger partial charge in [-0.2, -0.15) is 10.1 Å². The number of aromatic nitrogens is 1. The predicted octanol–water partition coefficient (Wildman–Crippen LogP) is 3.86. The Bertz CT molecular complexity index is 1860. The molecule has 2 atom stereocenters. The maximum Gasteiger partial charge on any atom is 0.270 e. The molecule has 0 saturated carbocycles. The second-order valence-electron chi connectivity index (χ2n) is 9.54. The fraction of sp³-hybridized carbons (Fsp3) is 0.129. The van der Waals surface area contributed by atoms with Crippen LogP contribution in [0.1, 0.15) is 25.5 Å². The summed E-state index contributed by atoms with van der Waals surface area (Å²) in [6.45, 7) is 3.56. The van der Waals surface area contributed by atoms with Gasteiger partial charge in [-0.15, -0.1) is 0 Å². The van der Waals surface area contributed by atoms with Crippen LogP contribution in [-0.4, -0.2) is 22.1 Å². The van der Waals surface area contributed by atoms with Gasteiger partial charge in [0.25, 0.3) is 17.4 Å². The van der Waals surface area contributed by atoms with E-state index in [1.807, 2.05) is 91.0 Å². The van der Waals surface area contributed by atoms with Gasteiger partial charge in [-0.05, 0) is 49.8 Å². The first kappa shape index (κ1) is 25.4. The van der Waals surface area contributed by atoms with E-state index in [1.165, 1.54) is 16.3 Å². The monoisotopic (exact) mass is 547 g/mol. The number of hydrogen-bond donors (Lipinski definition) is 1. The highest BCUT2D eigenvalue weighted by atomic mass is 32.1. The van der Waals surface area contributed by atoms with Crippen molar-refractivity contribution in [2.24, 2.45) is 16.0 Å². The van der Waals surface area contributed by atoms with Crippen LogP contribution in [0.2, 0.25) is 0 Å². The van der Waals surface area contributed by atoms with Gasteiger partial charge < -0.3 is 5.32 Å². The lowest BCUT2D eigenvalue weighted by Crippen LogP contribution is -2.40. The molecule has 3 heterocycles. The van der Waals surface area contributed by atoms with E-state index in [9.17, 15) is 14.4 Å². The van der Waals surface area contributed by atoms with E-state index in [0.29, 0.717) is 37.7 Å². The van der Waals surface area contributed by atoms with Gasteiger partial charge in [0.05, 0.1) is 33.2 Å². The number of hydrazone groups is 1. The minimum atomic E-state index is -0.682. The zero-order valence-corrected chi connectivity index (χ0v) is 22.6. The third kappa shape index (κ3) is 4.50. The van der Waals surface area contributed by atoms with Crippen molar-refractivity contribution < 1.29 is 9.59 Å². The standard InChI is InChI=1S/C31H25N5O3S/c1-19-24(29(38)36(34-19)23-16-10-5-11-17-23)18-25-30(39)35-27(21-12-6-3-7-13-21)26(20(2)32-31(35)40-25)28(37)33-22-14-8-4-9-15-22/h3-18,24,27H,1-2H3,(H,33,37)/b25-18+/t24-,27+/m0/s1. The Balaban J connectivity index is 1.44. The molecule has 2 aliphatic heterocycles. The number of allylic oxidation sites excluding steroid dienone is 1. The number of fused-ring (bicyclic) bond motifs is 1. The van der Waals surface area contributed by atoms with Crippen LogP contribution in [0.4, 0.5) is 11.4 Å². The van der Waals surface area contributed by atoms with Crippen LogP contribution in [0, 0.1) is 5.92 Å². The Morgan fingerprint density at radius 3 is 2.20 bits per heavy atom. The second kappa shape index (κ2) is 10.3. The Morgan fingerprint density at radius 1 is 0.900 bits per heavy atom. The quantitative estimate of drug-likeness (QED) is 0.411. The first-order valence-corrected chi connectivity index (χ1v) is 13.6. The molecule has 0 unspecified atom stereocenters. The van der Waals surface area contributed by atoms with E-state index in [2.05, 4.69) is 15.4 Å². The number of anilines is 2. The highest BCUT2D eigenvalue weighted by Crippen LogP contribution is 2.31. The molecule has 6 rings (SSSR count). The van der Waals surface area contributed by atoms with E-state index >= 15 is 0 Å². The lowest BCUT2D eigenvalue weighted by Gasteiger charge is -2.25. The molecule has 8 nitrogen and oxygen atoms in total. The average molecular weight is 548 g/mol. The lowest BCUT2D eigenvalue weighted by molar-refractivity contribution is -0.118. The molecule has 198 valence electrons. The third-order valence-corrected chi connectivity index (χ3v) is 7.92. The summed E-state index contributed by atoms with van der Waals surface area (Å²) in [6.07, 6.45) is 1.67. The minimum Gasteiger partial charge on any atom is -0.322 e. The minimum absolute atomic E-state index is 0.228. The maximum absolute atomic E-state index is 13.9. The Kier molecular flexibility index (Phi) is 6.57. The van der Waals surface area contributed by atoms with Crippen molar-refractivity contribution >= 4 is 46.3 Å². The molecule has 1 N–H and O–H groups in total. The van der Waals surface area contributed by atoms with Gasteiger partial charge in [0.1, 0.15) is 5.92 Å². The van der Waals surface area contributed by atoms with Gasteiger partial charge in [-0.25, -0.2) is 4.99 Å². The molecule has 9 heteroatoms. The Morgan fingerprint density at radius 2 is 1.52 bits per heavy atom. The van der Waals surface area contributed by atoms with Crippen molar-refractivity contribution in [3.05, 3.63) is 128 Å². The summed E-state index contributed by atoms with van der Waals surface area (Å²) in [4.78, 5) is 46.0. The number of rotatable bonds is 5. The van der Waals surface area contributed by atoms with Crippen LogP contribution in [0.5, 0.6) is 0 Å². The zero-order chi connectivity index (χ0) is 27.8. The van der Waals surface area contributed by atoms with Gasteiger partial charge in [-0.1, -0.05) is 78.1 Å². The number of benzene rings is 3. The molecular weight excluding hydrogens is 522 g/mol. The molecule has 0 radical (unpaired) electrons. The maximum atomic E-state index is 13.9. The number of nitrogens with one attached hydrogen (secondary N) is 1. The predicted molar refractivity (Wildman–Crippen MR) is 157 cm³/mol. The third-order valence-electron chi connectivity index (χ3n) is 6.91. The van der Waals surface area contributed by atoms with Crippen molar-refractivity contribution in [1.29, 1.82) is 0 Å². The van der Waals surface area contributed by atoms with Crippen LogP contribution < -0.4 is 25.2 Å². The highest BCUT2D eigenvalue weighted by molar-refractivity contribution is 7.07. The largest absolute Gasteiger partial charge is 0.322 e. The summed E-state index contributed by atoms with van der Waals surface area (Å²) >= 11 is 1.21. The van der Waals surface area contributed by atoms with Gasteiger partial charge in [0.15, 0.2) is 4.80 Å². The molecule has 1 aromatic heterocycles. The van der Waals surface area contributed by atoms with Crippen molar-refractivity contribution in [3.63, 3.8) is 0 Å². The fourth-order valence-electron chi connectivity index (χ4n) is 4.97. The van der Waals surface area contributed by atoms with E-state index in [-0.39, 0.29) is 17.4 Å². The van der Waals surface area contributed by atoms with Gasteiger partial charge in [-0.3, -0.25) is 19.0 Å². The molecule has 0 saturated heterocycles. The molecule has 0 aliphatic carbocycles. The second-order valence-corrected chi connectivity index (χ2v) is 10.5. The van der Waals surface area contributed by atoms with E-state index in [1.54, 1.807) is 24.5 Å². The first-order valence-electron chi connectivity index (χ1n) is 12.8. The molecular formula is C31H25N5O3S. The van der Waals surface area contributed by atoms with Gasteiger partial charge in [0.2, 0.25) is 0 Å². The smallest absolute Gasteiger partial charge is 0.270 e. The van der Waals surface area contributed by atoms with Crippen LogP contribution in [0.25, 0.3) is 6.08 Å². The first-order chi connectivity index (χ1) is 19.4. The molecule has 2 amide bonds. The molecule has 4 aromatic rings. The molecule has 0 spiro atoms. The lowest BCUT2D eigenvalue weighted by atomic mass is 9.95. The Hall–Kier alpha value is -4.89. The van der Waals surface area contributed by atoms with Gasteiger partial charge >= 0.3 is 0 Å². The van der Waals surface area contributed by atoms with Gasteiger partial charge in [0, 0.05) is 5.69 Å². The van der Waals surface area contributed by atoms with Crippen molar-refractivity contribution in [3.8, 4) is 0 Å². The van der Waals surface area contributed by atoms with E-state index in [0.717, 1.165) is 5.56 Å². The summed E-state index contributed by atoms with van der Waals surface area (Å²) in [5.41, 5.74) is 3.30. The molecule has 3 aromatic carbocycles. The SMILES string of the molecule is CC1=NN(c2ccccc2)C(=O)[C@H]1/C=c1/sc2n(c1=O)[C@H](c1ccccc1)C(C(=O)Nc1ccccc1)=C(C)N=2. The summed E-state index contributed by atoms with van der Waals surface area (Å²) in [7, 11) is 0. The summed E-state index contributed by atoms with van der Waals surface area (Å²) in [6, 6.07) is 27.1. The number of carbonyl (C=O) groups is 2. The fourth-order valence-corrected chi connectivity index (χ4v) is 6.03. The van der Waals surface area contributed by atoms with Crippen LogP contribution in [0.15, 0.2) is 117 Å². The summed E-state index contributed by atoms with van der Waals surface area (Å²) in [5, 5.41) is 8.78. The van der Waals surface area contributed by atoms with E-state index < -0.39 is 12.0 Å². The highest BCUT2D eigenvalue weighted by Gasteiger charge is 2.35. The van der Waals surface area contributed by atoms with Crippen molar-refractivity contribution in [2.45, 2.75) is 19.9 Å². The number of carbonyl (C=O) groups excluding carboxylic acids is 2. The van der Waals surface area contributed by atoms with Crippen LogP contribution >= 0.6 is 11.3 Å². The number of nitrogens with zero attached hydrogens (tertiary/aromatic N) is 4. The van der Waals surface area contributed by atoms with E-state index in [4.69, 9.17) is 0 Å². The average Bonchev–Trinajstić information content (AvgIpc) is 3.43.